The van der Waals surface area contributed by atoms with Crippen LogP contribution in [-0.2, 0) is 6.18 Å². The van der Waals surface area contributed by atoms with E-state index in [2.05, 4.69) is 105 Å². The summed E-state index contributed by atoms with van der Waals surface area (Å²) in [5, 5.41) is 14.7. The van der Waals surface area contributed by atoms with Crippen molar-refractivity contribution in [2.24, 2.45) is 0 Å². The lowest BCUT2D eigenvalue weighted by molar-refractivity contribution is -0.137. The van der Waals surface area contributed by atoms with Gasteiger partial charge in [-0.15, -0.1) is 0 Å². The zero-order valence-corrected chi connectivity index (χ0v) is 34.0. The third kappa shape index (κ3) is 6.30. The van der Waals surface area contributed by atoms with Gasteiger partial charge in [0.05, 0.1) is 51.6 Å². The molecule has 11 rings (SSSR count). The highest BCUT2D eigenvalue weighted by Gasteiger charge is 2.31. The van der Waals surface area contributed by atoms with Crippen LogP contribution in [0.15, 0.2) is 200 Å². The van der Waals surface area contributed by atoms with Crippen LogP contribution in [0.4, 0.5) is 18.9 Å². The maximum absolute atomic E-state index is 14.0. The largest absolute Gasteiger partial charge is 0.415 e. The molecule has 64 heavy (non-hydrogen) atoms. The van der Waals surface area contributed by atoms with Crippen molar-refractivity contribution in [3.8, 4) is 62.0 Å². The number of hydrogen-bond acceptors (Lipinski definition) is 1. The van der Waals surface area contributed by atoms with Crippen LogP contribution in [0.1, 0.15) is 11.1 Å². The Bertz CT molecular complexity index is 3730. The number of nitriles is 1. The molecule has 0 aliphatic rings. The van der Waals surface area contributed by atoms with E-state index in [0.717, 1.165) is 100 Å². The molecular formula is C57H33F3N4. The molecule has 0 radical (unpaired) electrons. The SMILES string of the molecule is [C-]#[N+]c1cc(C(F)(F)F)ccc1-c1ccc(-n2c3ccccc3c3cc(-c4ccccc4)ccc32)c(-c2cc(C#N)ccc2-n2c3ccccc3c3cc(-c4ccccc4)ccc32)c1. The van der Waals surface area contributed by atoms with E-state index >= 15 is 0 Å². The van der Waals surface area contributed by atoms with Gasteiger partial charge in [-0.1, -0.05) is 127 Å². The van der Waals surface area contributed by atoms with Gasteiger partial charge < -0.3 is 9.13 Å². The van der Waals surface area contributed by atoms with Crippen LogP contribution in [0.3, 0.4) is 0 Å². The summed E-state index contributed by atoms with van der Waals surface area (Å²) >= 11 is 0. The minimum atomic E-state index is -4.61. The summed E-state index contributed by atoms with van der Waals surface area (Å²) in [6, 6.07) is 67.1. The van der Waals surface area contributed by atoms with Crippen LogP contribution < -0.4 is 0 Å². The van der Waals surface area contributed by atoms with Crippen molar-refractivity contribution in [3.05, 3.63) is 223 Å². The topological polar surface area (TPSA) is 38.0 Å². The molecule has 0 saturated carbocycles. The summed E-state index contributed by atoms with van der Waals surface area (Å²) in [6.07, 6.45) is -4.61. The van der Waals surface area contributed by atoms with E-state index in [1.807, 2.05) is 97.1 Å². The van der Waals surface area contributed by atoms with E-state index in [0.29, 0.717) is 16.7 Å². The van der Waals surface area contributed by atoms with E-state index in [1.165, 1.54) is 6.07 Å². The number of benzene rings is 9. The molecule has 0 spiro atoms. The Labute approximate surface area is 366 Å². The smallest absolute Gasteiger partial charge is 0.309 e. The van der Waals surface area contributed by atoms with E-state index < -0.39 is 11.7 Å². The summed E-state index contributed by atoms with van der Waals surface area (Å²) in [6.45, 7) is 7.99. The van der Waals surface area contributed by atoms with Gasteiger partial charge in [-0.3, -0.25) is 0 Å². The highest BCUT2D eigenvalue weighted by atomic mass is 19.4. The van der Waals surface area contributed by atoms with Gasteiger partial charge in [0, 0.05) is 38.2 Å². The molecule has 0 amide bonds. The highest BCUT2D eigenvalue weighted by molar-refractivity contribution is 6.13. The van der Waals surface area contributed by atoms with Crippen molar-refractivity contribution in [2.75, 3.05) is 0 Å². The molecule has 2 aromatic heterocycles. The molecule has 0 fully saturated rings. The number of fused-ring (bicyclic) bond motifs is 6. The van der Waals surface area contributed by atoms with Gasteiger partial charge in [0.15, 0.2) is 5.69 Å². The third-order valence-corrected chi connectivity index (χ3v) is 12.2. The van der Waals surface area contributed by atoms with Crippen LogP contribution >= 0.6 is 0 Å². The molecule has 9 aromatic carbocycles. The molecule has 2 heterocycles. The van der Waals surface area contributed by atoms with Gasteiger partial charge >= 0.3 is 6.18 Å². The first-order chi connectivity index (χ1) is 31.3. The maximum atomic E-state index is 14.0. The van der Waals surface area contributed by atoms with Crippen LogP contribution in [0.25, 0.3) is 104 Å². The summed E-state index contributed by atoms with van der Waals surface area (Å²) in [5.41, 5.74) is 11.6. The number of hydrogen-bond donors (Lipinski definition) is 0. The van der Waals surface area contributed by atoms with Crippen molar-refractivity contribution in [1.29, 1.82) is 5.26 Å². The average molecular weight is 831 g/mol. The fourth-order valence-corrected chi connectivity index (χ4v) is 9.26. The summed E-state index contributed by atoms with van der Waals surface area (Å²) < 4.78 is 46.3. The van der Waals surface area contributed by atoms with Crippen LogP contribution in [0.5, 0.6) is 0 Å². The molecule has 0 aliphatic heterocycles. The summed E-state index contributed by atoms with van der Waals surface area (Å²) in [4.78, 5) is 3.59. The molecular weight excluding hydrogens is 798 g/mol. The monoisotopic (exact) mass is 830 g/mol. The number of alkyl halides is 3. The molecule has 4 nitrogen and oxygen atoms in total. The number of aromatic nitrogens is 2. The molecule has 0 bridgehead atoms. The first-order valence-corrected chi connectivity index (χ1v) is 20.7. The van der Waals surface area contributed by atoms with Crippen molar-refractivity contribution in [1.82, 2.24) is 9.13 Å². The van der Waals surface area contributed by atoms with E-state index in [-0.39, 0.29) is 5.69 Å². The van der Waals surface area contributed by atoms with E-state index in [4.69, 9.17) is 6.57 Å². The Morgan fingerprint density at radius 3 is 1.44 bits per heavy atom. The second kappa shape index (κ2) is 15.1. The molecule has 0 N–H and O–H groups in total. The molecule has 11 aromatic rings. The molecule has 7 heteroatoms. The van der Waals surface area contributed by atoms with Gasteiger partial charge in [0.1, 0.15) is 0 Å². The van der Waals surface area contributed by atoms with Crippen molar-refractivity contribution >= 4 is 49.3 Å². The Balaban J connectivity index is 1.23. The van der Waals surface area contributed by atoms with Crippen molar-refractivity contribution < 1.29 is 13.2 Å². The lowest BCUT2D eigenvalue weighted by Crippen LogP contribution is -2.04. The predicted octanol–water partition coefficient (Wildman–Crippen LogP) is 16.0. The molecule has 0 aliphatic carbocycles. The summed E-state index contributed by atoms with van der Waals surface area (Å²) in [5.74, 6) is 0. The lowest BCUT2D eigenvalue weighted by atomic mass is 9.93. The Hall–Kier alpha value is -8.65. The van der Waals surface area contributed by atoms with Crippen LogP contribution in [0, 0.1) is 17.9 Å². The third-order valence-electron chi connectivity index (χ3n) is 12.2. The van der Waals surface area contributed by atoms with Gasteiger partial charge in [0.25, 0.3) is 0 Å². The second-order valence-corrected chi connectivity index (χ2v) is 15.8. The Morgan fingerprint density at radius 1 is 0.422 bits per heavy atom. The van der Waals surface area contributed by atoms with Gasteiger partial charge in [-0.2, -0.15) is 18.4 Å². The normalized spacial score (nSPS) is 11.6. The Kier molecular flexibility index (Phi) is 9.01. The fourth-order valence-electron chi connectivity index (χ4n) is 9.26. The first-order valence-electron chi connectivity index (χ1n) is 20.7. The molecule has 0 atom stereocenters. The zero-order valence-electron chi connectivity index (χ0n) is 34.0. The maximum Gasteiger partial charge on any atom is 0.415 e. The number of nitrogens with zero attached hydrogens (tertiary/aromatic N) is 4. The zero-order chi connectivity index (χ0) is 43.5. The Morgan fingerprint density at radius 2 is 0.906 bits per heavy atom. The van der Waals surface area contributed by atoms with Crippen LogP contribution in [-0.4, -0.2) is 9.13 Å². The number of halogens is 3. The molecule has 0 unspecified atom stereocenters. The standard InChI is InChI=1S/C57H33F3N4/c1-62-50-34-42(57(58,59)60)24-25-43(50)41-23-29-56(64-52-19-11-9-17-45(52)48-32-40(22-28-55(48)64)38-14-6-3-7-15-38)49(33-41)46-30-36(35-61)20-26-53(46)63-51-18-10-8-16-44(51)47-31-39(21-27-54(47)63)37-12-4-2-5-13-37/h2-34H. The van der Waals surface area contributed by atoms with Gasteiger partial charge in [-0.25, -0.2) is 4.85 Å². The van der Waals surface area contributed by atoms with Gasteiger partial charge in [0.2, 0.25) is 0 Å². The van der Waals surface area contributed by atoms with E-state index in [9.17, 15) is 18.4 Å². The van der Waals surface area contributed by atoms with E-state index in [1.54, 1.807) is 0 Å². The average Bonchev–Trinajstić information content (AvgIpc) is 3.85. The minimum absolute atomic E-state index is 0.110. The number of rotatable bonds is 6. The predicted molar refractivity (Wildman–Crippen MR) is 253 cm³/mol. The minimum Gasteiger partial charge on any atom is -0.309 e. The van der Waals surface area contributed by atoms with Crippen molar-refractivity contribution in [2.45, 2.75) is 6.18 Å². The summed E-state index contributed by atoms with van der Waals surface area (Å²) in [7, 11) is 0. The lowest BCUT2D eigenvalue weighted by Gasteiger charge is -2.20. The van der Waals surface area contributed by atoms with Crippen LogP contribution in [0.2, 0.25) is 0 Å². The first kappa shape index (κ1) is 38.3. The molecule has 302 valence electrons. The second-order valence-electron chi connectivity index (χ2n) is 15.8. The fraction of sp³-hybridized carbons (Fsp3) is 0.0175. The quantitative estimate of drug-likeness (QED) is 0.154. The highest BCUT2D eigenvalue weighted by Crippen LogP contribution is 2.45. The van der Waals surface area contributed by atoms with Crippen molar-refractivity contribution in [3.63, 3.8) is 0 Å². The van der Waals surface area contributed by atoms with Gasteiger partial charge in [-0.05, 0) is 106 Å². The molecule has 0 saturated heterocycles. The number of para-hydroxylation sites is 2.